The summed E-state index contributed by atoms with van der Waals surface area (Å²) in [5, 5.41) is 8.29. The Morgan fingerprint density at radius 2 is 1.95 bits per heavy atom. The molecule has 4 aromatic heterocycles. The molecule has 6 aromatic rings. The molecule has 2 aromatic carbocycles. The maximum atomic E-state index is 13.4. The molecular formula is C29H24N8O. The quantitative estimate of drug-likeness (QED) is 0.315. The van der Waals surface area contributed by atoms with Gasteiger partial charge in [0.05, 0.1) is 17.8 Å². The molecule has 38 heavy (non-hydrogen) atoms. The minimum absolute atomic E-state index is 0.126. The number of anilines is 1. The van der Waals surface area contributed by atoms with Gasteiger partial charge in [0.2, 0.25) is 0 Å². The molecule has 0 radical (unpaired) electrons. The smallest absolute Gasteiger partial charge is 0.259 e. The third kappa shape index (κ3) is 4.04. The Hall–Kier alpha value is -5.36. The zero-order chi connectivity index (χ0) is 26.2. The molecule has 1 atom stereocenters. The van der Waals surface area contributed by atoms with E-state index in [2.05, 4.69) is 49.3 Å². The highest BCUT2D eigenvalue weighted by molar-refractivity contribution is 6.05. The van der Waals surface area contributed by atoms with Crippen LogP contribution in [0.2, 0.25) is 0 Å². The fourth-order valence-electron chi connectivity index (χ4n) is 4.69. The number of aromatic nitrogens is 6. The van der Waals surface area contributed by atoms with Gasteiger partial charge >= 0.3 is 0 Å². The number of carbonyl (C=O) groups excluding carboxylic acids is 1. The van der Waals surface area contributed by atoms with Crippen LogP contribution >= 0.6 is 0 Å². The minimum Gasteiger partial charge on any atom is -0.383 e. The van der Waals surface area contributed by atoms with Gasteiger partial charge in [-0.15, -0.1) is 0 Å². The topological polar surface area (TPSA) is 119 Å². The van der Waals surface area contributed by atoms with Crippen molar-refractivity contribution in [3.05, 3.63) is 102 Å². The van der Waals surface area contributed by atoms with E-state index in [1.807, 2.05) is 56.6 Å². The molecule has 9 heteroatoms. The summed E-state index contributed by atoms with van der Waals surface area (Å²) in [4.78, 5) is 25.4. The van der Waals surface area contributed by atoms with Crippen molar-refractivity contribution in [2.24, 2.45) is 7.05 Å². The van der Waals surface area contributed by atoms with E-state index >= 15 is 0 Å². The Kier molecular flexibility index (Phi) is 5.62. The fourth-order valence-corrected chi connectivity index (χ4v) is 4.69. The molecule has 6 rings (SSSR count). The lowest BCUT2D eigenvalue weighted by Gasteiger charge is -2.16. The van der Waals surface area contributed by atoms with Crippen molar-refractivity contribution in [3.8, 4) is 23.0 Å². The van der Waals surface area contributed by atoms with Gasteiger partial charge < -0.3 is 16.0 Å². The first-order valence-corrected chi connectivity index (χ1v) is 12.1. The Morgan fingerprint density at radius 1 is 1.11 bits per heavy atom. The highest BCUT2D eigenvalue weighted by atomic mass is 16.1. The zero-order valence-corrected chi connectivity index (χ0v) is 20.8. The van der Waals surface area contributed by atoms with Crippen LogP contribution in [0.3, 0.4) is 0 Å². The van der Waals surface area contributed by atoms with Crippen LogP contribution in [0, 0.1) is 11.8 Å². The van der Waals surface area contributed by atoms with E-state index in [4.69, 9.17) is 5.73 Å². The van der Waals surface area contributed by atoms with Crippen molar-refractivity contribution in [2.45, 2.75) is 13.0 Å². The maximum absolute atomic E-state index is 13.4. The first kappa shape index (κ1) is 23.1. The van der Waals surface area contributed by atoms with Crippen molar-refractivity contribution in [3.63, 3.8) is 0 Å². The number of aryl methyl sites for hydroxylation is 1. The van der Waals surface area contributed by atoms with Gasteiger partial charge in [-0.1, -0.05) is 48.2 Å². The lowest BCUT2D eigenvalue weighted by molar-refractivity contribution is 0.0941. The summed E-state index contributed by atoms with van der Waals surface area (Å²) in [7, 11) is 1.87. The van der Waals surface area contributed by atoms with Crippen LogP contribution in [-0.2, 0) is 7.05 Å². The first-order chi connectivity index (χ1) is 18.5. The van der Waals surface area contributed by atoms with Gasteiger partial charge in [0.1, 0.15) is 17.7 Å². The lowest BCUT2D eigenvalue weighted by Crippen LogP contribution is -2.28. The normalized spacial score (nSPS) is 11.8. The van der Waals surface area contributed by atoms with Gasteiger partial charge in [-0.3, -0.25) is 13.9 Å². The van der Waals surface area contributed by atoms with Gasteiger partial charge in [-0.2, -0.15) is 5.10 Å². The van der Waals surface area contributed by atoms with Gasteiger partial charge in [0, 0.05) is 53.4 Å². The standard InChI is InChI=1S/C29H24N8O/c1-18(34-29(38)25-27(30)32-17-37-14-13-31-28(25)37)26-24(20-7-4-3-5-8-20)23-21(9-6-10-22(23)35-26)12-11-19-15-33-36(2)16-19/h3-10,13-18,35H,30H2,1-2H3,(H,34,38). The second-order valence-corrected chi connectivity index (χ2v) is 9.02. The molecule has 1 amide bonds. The van der Waals surface area contributed by atoms with Crippen LogP contribution < -0.4 is 11.1 Å². The van der Waals surface area contributed by atoms with E-state index < -0.39 is 0 Å². The van der Waals surface area contributed by atoms with E-state index in [1.54, 1.807) is 27.7 Å². The SMILES string of the molecule is CC(NC(=O)c1c(N)ncn2ccnc12)c1[nH]c2cccc(C#Cc3cnn(C)c3)c2c1-c1ccccc1. The summed E-state index contributed by atoms with van der Waals surface area (Å²) in [5.41, 5.74) is 12.3. The lowest BCUT2D eigenvalue weighted by atomic mass is 9.96. The number of hydrogen-bond acceptors (Lipinski definition) is 5. The van der Waals surface area contributed by atoms with Gasteiger partial charge in [-0.05, 0) is 24.6 Å². The molecule has 0 aliphatic rings. The summed E-state index contributed by atoms with van der Waals surface area (Å²) >= 11 is 0. The Bertz CT molecular complexity index is 1870. The number of nitrogen functional groups attached to an aromatic ring is 1. The zero-order valence-electron chi connectivity index (χ0n) is 20.8. The number of fused-ring (bicyclic) bond motifs is 2. The highest BCUT2D eigenvalue weighted by Gasteiger charge is 2.24. The number of nitrogens with zero attached hydrogens (tertiary/aromatic N) is 5. The van der Waals surface area contributed by atoms with E-state index in [9.17, 15) is 4.79 Å². The number of nitrogens with one attached hydrogen (secondary N) is 2. The number of benzene rings is 2. The van der Waals surface area contributed by atoms with E-state index in [1.165, 1.54) is 6.33 Å². The number of rotatable bonds is 4. The summed E-state index contributed by atoms with van der Waals surface area (Å²) in [6, 6.07) is 15.7. The number of amides is 1. The predicted molar refractivity (Wildman–Crippen MR) is 146 cm³/mol. The summed E-state index contributed by atoms with van der Waals surface area (Å²) in [6.45, 7) is 1.94. The van der Waals surface area contributed by atoms with Crippen molar-refractivity contribution in [1.29, 1.82) is 0 Å². The monoisotopic (exact) mass is 500 g/mol. The minimum atomic E-state index is -0.390. The molecule has 186 valence electrons. The Balaban J connectivity index is 1.46. The molecular weight excluding hydrogens is 476 g/mol. The van der Waals surface area contributed by atoms with Crippen LogP contribution in [0.25, 0.3) is 27.7 Å². The number of aromatic amines is 1. The van der Waals surface area contributed by atoms with Gasteiger partial charge in [-0.25, -0.2) is 9.97 Å². The number of hydrogen-bond donors (Lipinski definition) is 3. The van der Waals surface area contributed by atoms with E-state index in [-0.39, 0.29) is 23.3 Å². The third-order valence-electron chi connectivity index (χ3n) is 6.44. The van der Waals surface area contributed by atoms with E-state index in [0.717, 1.165) is 38.9 Å². The number of carbonyl (C=O) groups is 1. The van der Waals surface area contributed by atoms with Crippen LogP contribution in [-0.4, -0.2) is 35.0 Å². The van der Waals surface area contributed by atoms with Crippen molar-refractivity contribution < 1.29 is 4.79 Å². The Labute approximate surface area is 218 Å². The molecule has 0 aliphatic heterocycles. The largest absolute Gasteiger partial charge is 0.383 e. The van der Waals surface area contributed by atoms with Crippen molar-refractivity contribution in [1.82, 2.24) is 34.4 Å². The van der Waals surface area contributed by atoms with Crippen molar-refractivity contribution >= 4 is 28.3 Å². The van der Waals surface area contributed by atoms with Crippen LogP contribution in [0.1, 0.15) is 40.1 Å². The Morgan fingerprint density at radius 3 is 2.74 bits per heavy atom. The molecule has 0 saturated heterocycles. The van der Waals surface area contributed by atoms with Crippen LogP contribution in [0.15, 0.2) is 79.6 Å². The number of imidazole rings is 1. The average Bonchev–Trinajstić information content (AvgIpc) is 3.66. The second kappa shape index (κ2) is 9.26. The molecule has 0 saturated carbocycles. The highest BCUT2D eigenvalue weighted by Crippen LogP contribution is 2.37. The molecule has 0 spiro atoms. The molecule has 9 nitrogen and oxygen atoms in total. The molecule has 4 N–H and O–H groups in total. The van der Waals surface area contributed by atoms with Crippen LogP contribution in [0.4, 0.5) is 5.82 Å². The van der Waals surface area contributed by atoms with Crippen LogP contribution in [0.5, 0.6) is 0 Å². The molecule has 0 aliphatic carbocycles. The summed E-state index contributed by atoms with van der Waals surface area (Å²) in [5.74, 6) is 6.32. The molecule has 0 bridgehead atoms. The third-order valence-corrected chi connectivity index (χ3v) is 6.44. The number of H-pyrrole nitrogens is 1. The average molecular weight is 501 g/mol. The predicted octanol–water partition coefficient (Wildman–Crippen LogP) is 4.08. The van der Waals surface area contributed by atoms with Gasteiger partial charge in [0.15, 0.2) is 5.65 Å². The maximum Gasteiger partial charge on any atom is 0.259 e. The molecule has 0 fully saturated rings. The fraction of sp³-hybridized carbons (Fsp3) is 0.103. The number of nitrogens with two attached hydrogens (primary N) is 1. The molecule has 4 heterocycles. The first-order valence-electron chi connectivity index (χ1n) is 12.1. The summed E-state index contributed by atoms with van der Waals surface area (Å²) in [6.07, 6.45) is 8.49. The molecule has 1 unspecified atom stereocenters. The van der Waals surface area contributed by atoms with Crippen molar-refractivity contribution in [2.75, 3.05) is 5.73 Å². The van der Waals surface area contributed by atoms with E-state index in [0.29, 0.717) is 5.65 Å². The summed E-state index contributed by atoms with van der Waals surface area (Å²) < 4.78 is 3.40. The van der Waals surface area contributed by atoms with Gasteiger partial charge in [0.25, 0.3) is 5.91 Å². The second-order valence-electron chi connectivity index (χ2n) is 9.02.